The molecule has 2 heterocycles. The van der Waals surface area contributed by atoms with Crippen molar-refractivity contribution in [3.05, 3.63) is 51.6 Å². The van der Waals surface area contributed by atoms with Gasteiger partial charge in [-0.2, -0.15) is 5.10 Å². The van der Waals surface area contributed by atoms with Gasteiger partial charge in [-0.3, -0.25) is 9.59 Å². The van der Waals surface area contributed by atoms with Crippen LogP contribution < -0.4 is 10.9 Å². The van der Waals surface area contributed by atoms with Crippen LogP contribution in [0.1, 0.15) is 28.0 Å². The molecule has 120 valence electrons. The van der Waals surface area contributed by atoms with Crippen LogP contribution in [0.25, 0.3) is 0 Å². The SMILES string of the molecule is CSc1ncccc1C(=O)N[C@@H]1CCc2nn(C)c(=O)cc2C1. The zero-order valence-electron chi connectivity index (χ0n) is 13.1. The van der Waals surface area contributed by atoms with E-state index < -0.39 is 0 Å². The van der Waals surface area contributed by atoms with Gasteiger partial charge in [0.1, 0.15) is 5.03 Å². The van der Waals surface area contributed by atoms with Crippen molar-refractivity contribution in [2.45, 2.75) is 30.3 Å². The second kappa shape index (κ2) is 6.54. The van der Waals surface area contributed by atoms with Gasteiger partial charge in [0, 0.05) is 25.4 Å². The summed E-state index contributed by atoms with van der Waals surface area (Å²) in [7, 11) is 1.66. The molecule has 0 bridgehead atoms. The number of hydrogen-bond donors (Lipinski definition) is 1. The first-order chi connectivity index (χ1) is 11.1. The standard InChI is InChI=1S/C16H18N4O2S/c1-20-14(21)9-10-8-11(5-6-13(10)19-20)18-15(22)12-4-3-7-17-16(12)23-2/h3-4,7,9,11H,5-6,8H2,1-2H3,(H,18,22)/t11-/m1/s1. The van der Waals surface area contributed by atoms with Gasteiger partial charge in [0.15, 0.2) is 0 Å². The summed E-state index contributed by atoms with van der Waals surface area (Å²) in [5.41, 5.74) is 2.35. The van der Waals surface area contributed by atoms with E-state index >= 15 is 0 Å². The Kier molecular flexibility index (Phi) is 4.47. The summed E-state index contributed by atoms with van der Waals surface area (Å²) < 4.78 is 1.36. The van der Waals surface area contributed by atoms with E-state index in [1.807, 2.05) is 6.26 Å². The summed E-state index contributed by atoms with van der Waals surface area (Å²) >= 11 is 1.45. The molecule has 0 spiro atoms. The minimum absolute atomic E-state index is 0.0128. The van der Waals surface area contributed by atoms with Crippen molar-refractivity contribution in [1.29, 1.82) is 0 Å². The third kappa shape index (κ3) is 3.29. The molecule has 0 saturated heterocycles. The normalized spacial score (nSPS) is 16.7. The number of fused-ring (bicyclic) bond motifs is 1. The number of pyridine rings is 1. The fraction of sp³-hybridized carbons (Fsp3) is 0.375. The Morgan fingerprint density at radius 1 is 1.48 bits per heavy atom. The average molecular weight is 330 g/mol. The second-order valence-electron chi connectivity index (χ2n) is 5.55. The van der Waals surface area contributed by atoms with Crippen molar-refractivity contribution in [3.63, 3.8) is 0 Å². The molecule has 7 heteroatoms. The predicted octanol–water partition coefficient (Wildman–Crippen LogP) is 1.18. The Hall–Kier alpha value is -2.15. The Bertz CT molecular complexity index is 803. The van der Waals surface area contributed by atoms with E-state index in [2.05, 4.69) is 15.4 Å². The second-order valence-corrected chi connectivity index (χ2v) is 6.35. The molecule has 6 nitrogen and oxygen atoms in total. The molecule has 3 rings (SSSR count). The molecular weight excluding hydrogens is 312 g/mol. The molecule has 0 aromatic carbocycles. The van der Waals surface area contributed by atoms with Gasteiger partial charge in [0.05, 0.1) is 11.3 Å². The Balaban J connectivity index is 1.76. The van der Waals surface area contributed by atoms with Crippen molar-refractivity contribution in [3.8, 4) is 0 Å². The molecule has 1 aliphatic rings. The van der Waals surface area contributed by atoms with E-state index in [0.717, 1.165) is 29.1 Å². The van der Waals surface area contributed by atoms with Crippen molar-refractivity contribution in [2.75, 3.05) is 6.26 Å². The number of thioether (sulfide) groups is 1. The van der Waals surface area contributed by atoms with Gasteiger partial charge in [-0.05, 0) is 43.2 Å². The number of aromatic nitrogens is 3. The van der Waals surface area contributed by atoms with Crippen LogP contribution in [0.2, 0.25) is 0 Å². The fourth-order valence-electron chi connectivity index (χ4n) is 2.80. The van der Waals surface area contributed by atoms with Gasteiger partial charge in [-0.25, -0.2) is 9.67 Å². The monoisotopic (exact) mass is 330 g/mol. The average Bonchev–Trinajstić information content (AvgIpc) is 2.56. The maximum absolute atomic E-state index is 12.5. The predicted molar refractivity (Wildman–Crippen MR) is 88.8 cm³/mol. The highest BCUT2D eigenvalue weighted by molar-refractivity contribution is 7.98. The number of nitrogens with zero attached hydrogens (tertiary/aromatic N) is 3. The van der Waals surface area contributed by atoms with Crippen LogP contribution in [0.5, 0.6) is 0 Å². The molecule has 2 aromatic rings. The van der Waals surface area contributed by atoms with Gasteiger partial charge in [-0.15, -0.1) is 11.8 Å². The topological polar surface area (TPSA) is 76.9 Å². The van der Waals surface area contributed by atoms with Crippen molar-refractivity contribution < 1.29 is 4.79 Å². The highest BCUT2D eigenvalue weighted by atomic mass is 32.2. The first kappa shape index (κ1) is 15.7. The van der Waals surface area contributed by atoms with Crippen molar-refractivity contribution in [1.82, 2.24) is 20.1 Å². The van der Waals surface area contributed by atoms with E-state index in [1.165, 1.54) is 16.4 Å². The van der Waals surface area contributed by atoms with Crippen molar-refractivity contribution >= 4 is 17.7 Å². The minimum atomic E-state index is -0.118. The molecule has 0 saturated carbocycles. The highest BCUT2D eigenvalue weighted by Crippen LogP contribution is 2.20. The molecule has 1 amide bonds. The first-order valence-electron chi connectivity index (χ1n) is 7.44. The smallest absolute Gasteiger partial charge is 0.266 e. The maximum atomic E-state index is 12.5. The summed E-state index contributed by atoms with van der Waals surface area (Å²) in [6, 6.07) is 5.18. The van der Waals surface area contributed by atoms with Crippen LogP contribution in [-0.4, -0.2) is 33.0 Å². The number of aryl methyl sites for hydroxylation is 2. The highest BCUT2D eigenvalue weighted by Gasteiger charge is 2.23. The lowest BCUT2D eigenvalue weighted by Gasteiger charge is -2.25. The van der Waals surface area contributed by atoms with Crippen LogP contribution in [0.15, 0.2) is 34.2 Å². The molecule has 0 unspecified atom stereocenters. The lowest BCUT2D eigenvalue weighted by Crippen LogP contribution is -2.40. The van der Waals surface area contributed by atoms with E-state index in [-0.39, 0.29) is 17.5 Å². The fourth-order valence-corrected chi connectivity index (χ4v) is 3.35. The van der Waals surface area contributed by atoms with E-state index in [1.54, 1.807) is 31.4 Å². The summed E-state index contributed by atoms with van der Waals surface area (Å²) in [5, 5.41) is 8.07. The van der Waals surface area contributed by atoms with E-state index in [4.69, 9.17) is 0 Å². The number of nitrogens with one attached hydrogen (secondary N) is 1. The summed E-state index contributed by atoms with van der Waals surface area (Å²) in [6.45, 7) is 0. The van der Waals surface area contributed by atoms with Gasteiger partial charge < -0.3 is 5.32 Å². The Morgan fingerprint density at radius 3 is 3.09 bits per heavy atom. The van der Waals surface area contributed by atoms with Gasteiger partial charge >= 0.3 is 0 Å². The Morgan fingerprint density at radius 2 is 2.30 bits per heavy atom. The molecule has 1 N–H and O–H groups in total. The summed E-state index contributed by atoms with van der Waals surface area (Å²) in [4.78, 5) is 28.4. The minimum Gasteiger partial charge on any atom is -0.349 e. The zero-order chi connectivity index (χ0) is 16.4. The van der Waals surface area contributed by atoms with Crippen LogP contribution in [0, 0.1) is 0 Å². The molecule has 0 aliphatic heterocycles. The van der Waals surface area contributed by atoms with Gasteiger partial charge in [0.2, 0.25) is 0 Å². The third-order valence-electron chi connectivity index (χ3n) is 4.00. The molecular formula is C16H18N4O2S. The number of carbonyl (C=O) groups excluding carboxylic acids is 1. The Labute approximate surface area is 138 Å². The number of rotatable bonds is 3. The van der Waals surface area contributed by atoms with Crippen LogP contribution in [-0.2, 0) is 19.9 Å². The lowest BCUT2D eigenvalue weighted by molar-refractivity contribution is 0.0929. The molecule has 2 aromatic heterocycles. The number of carbonyl (C=O) groups is 1. The maximum Gasteiger partial charge on any atom is 0.266 e. The van der Waals surface area contributed by atoms with Gasteiger partial charge in [-0.1, -0.05) is 0 Å². The number of amides is 1. The lowest BCUT2D eigenvalue weighted by atomic mass is 9.92. The van der Waals surface area contributed by atoms with Crippen LogP contribution in [0.3, 0.4) is 0 Å². The van der Waals surface area contributed by atoms with Crippen LogP contribution >= 0.6 is 11.8 Å². The molecule has 1 atom stereocenters. The molecule has 23 heavy (non-hydrogen) atoms. The molecule has 0 radical (unpaired) electrons. The van der Waals surface area contributed by atoms with E-state index in [9.17, 15) is 9.59 Å². The summed E-state index contributed by atoms with van der Waals surface area (Å²) in [5.74, 6) is -0.118. The zero-order valence-corrected chi connectivity index (χ0v) is 13.9. The van der Waals surface area contributed by atoms with E-state index in [0.29, 0.717) is 12.0 Å². The molecule has 0 fully saturated rings. The van der Waals surface area contributed by atoms with Crippen molar-refractivity contribution in [2.24, 2.45) is 7.05 Å². The quantitative estimate of drug-likeness (QED) is 0.855. The molecule has 1 aliphatic carbocycles. The van der Waals surface area contributed by atoms with Gasteiger partial charge in [0.25, 0.3) is 11.5 Å². The third-order valence-corrected chi connectivity index (χ3v) is 4.71. The number of hydrogen-bond acceptors (Lipinski definition) is 5. The largest absolute Gasteiger partial charge is 0.349 e. The summed E-state index contributed by atoms with van der Waals surface area (Å²) in [6.07, 6.45) is 5.80. The first-order valence-corrected chi connectivity index (χ1v) is 8.67. The van der Waals surface area contributed by atoms with Crippen LogP contribution in [0.4, 0.5) is 0 Å².